The quantitative estimate of drug-likeness (QED) is 0.539. The number of likely N-dealkylation sites (tertiary alicyclic amines) is 1. The zero-order chi connectivity index (χ0) is 27.0. The van der Waals surface area contributed by atoms with Crippen LogP contribution in [-0.4, -0.2) is 63.7 Å². The fraction of sp³-hybridized carbons (Fsp3) is 0.429. The Morgan fingerprint density at radius 3 is 2.66 bits per heavy atom. The molecule has 1 aromatic heterocycles. The van der Waals surface area contributed by atoms with Gasteiger partial charge in [0.15, 0.2) is 0 Å². The third-order valence-corrected chi connectivity index (χ3v) is 7.43. The van der Waals surface area contributed by atoms with Gasteiger partial charge in [0.05, 0.1) is 30.1 Å². The number of urea groups is 1. The zero-order valence-electron chi connectivity index (χ0n) is 22.0. The lowest BCUT2D eigenvalue weighted by Gasteiger charge is -2.37. The number of ether oxygens (including phenoxy) is 1. The van der Waals surface area contributed by atoms with Crippen LogP contribution < -0.4 is 16.6 Å². The summed E-state index contributed by atoms with van der Waals surface area (Å²) < 4.78 is 7.85. The molecule has 10 nitrogen and oxygen atoms in total. The number of nitrogens with zero attached hydrogens (tertiary/aromatic N) is 4. The molecule has 38 heavy (non-hydrogen) atoms. The number of carbonyl (C=O) groups is 2. The van der Waals surface area contributed by atoms with E-state index in [-0.39, 0.29) is 42.9 Å². The maximum Gasteiger partial charge on any atom is 0.331 e. The standard InChI is InChI=1S/C28H33N5O5/c1-18(2)33-24-11-10-20(15-23(24)26(35)31(28(33)37)13-14-38-3)29-27(36)30-12-6-8-21(17-30)32-16-19-7-4-5-9-22(19)25(32)34/h4-5,7,9-11,15,18,21H,6,8,12-14,16-17H2,1-3H3,(H,29,36). The summed E-state index contributed by atoms with van der Waals surface area (Å²) in [7, 11) is 1.52. The largest absolute Gasteiger partial charge is 0.383 e. The van der Waals surface area contributed by atoms with Gasteiger partial charge in [-0.3, -0.25) is 18.7 Å². The molecule has 2 aliphatic heterocycles. The fourth-order valence-electron chi connectivity index (χ4n) is 5.51. The number of methoxy groups -OCH3 is 1. The summed E-state index contributed by atoms with van der Waals surface area (Å²) in [5.74, 6) is 0.0170. The highest BCUT2D eigenvalue weighted by Gasteiger charge is 2.35. The molecule has 200 valence electrons. The van der Waals surface area contributed by atoms with E-state index < -0.39 is 5.56 Å². The van der Waals surface area contributed by atoms with Gasteiger partial charge in [-0.2, -0.15) is 0 Å². The van der Waals surface area contributed by atoms with Crippen molar-refractivity contribution in [1.82, 2.24) is 18.9 Å². The Hall–Kier alpha value is -3.92. The van der Waals surface area contributed by atoms with Gasteiger partial charge in [-0.25, -0.2) is 9.59 Å². The molecule has 3 heterocycles. The molecule has 0 bridgehead atoms. The van der Waals surface area contributed by atoms with Crippen molar-refractivity contribution in [3.05, 3.63) is 74.4 Å². The summed E-state index contributed by atoms with van der Waals surface area (Å²) in [4.78, 5) is 56.0. The van der Waals surface area contributed by atoms with Crippen LogP contribution in [0.15, 0.2) is 52.1 Å². The second-order valence-electron chi connectivity index (χ2n) is 10.2. The number of piperidine rings is 1. The van der Waals surface area contributed by atoms with E-state index in [0.717, 1.165) is 24.0 Å². The molecular formula is C28H33N5O5. The first-order chi connectivity index (χ1) is 18.3. The van der Waals surface area contributed by atoms with Crippen LogP contribution in [0.25, 0.3) is 10.9 Å². The normalized spacial score (nSPS) is 17.4. The van der Waals surface area contributed by atoms with Gasteiger partial charge in [-0.05, 0) is 56.5 Å². The molecule has 3 amide bonds. The zero-order valence-corrected chi connectivity index (χ0v) is 22.0. The number of rotatable bonds is 6. The van der Waals surface area contributed by atoms with E-state index in [2.05, 4.69) is 5.32 Å². The second-order valence-corrected chi connectivity index (χ2v) is 10.2. The molecule has 1 fully saturated rings. The average Bonchev–Trinajstić information content (AvgIpc) is 3.25. The highest BCUT2D eigenvalue weighted by Crippen LogP contribution is 2.28. The van der Waals surface area contributed by atoms with E-state index in [4.69, 9.17) is 4.74 Å². The minimum absolute atomic E-state index is 0.0170. The third-order valence-electron chi connectivity index (χ3n) is 7.43. The highest BCUT2D eigenvalue weighted by molar-refractivity contribution is 5.98. The van der Waals surface area contributed by atoms with E-state index in [9.17, 15) is 19.2 Å². The maximum absolute atomic E-state index is 13.2. The first kappa shape index (κ1) is 25.7. The molecule has 3 aromatic rings. The van der Waals surface area contributed by atoms with Crippen LogP contribution in [0.4, 0.5) is 10.5 Å². The van der Waals surface area contributed by atoms with Crippen molar-refractivity contribution in [3.8, 4) is 0 Å². The van der Waals surface area contributed by atoms with E-state index in [1.165, 1.54) is 11.7 Å². The van der Waals surface area contributed by atoms with Crippen LogP contribution in [0.3, 0.4) is 0 Å². The van der Waals surface area contributed by atoms with Gasteiger partial charge in [0.25, 0.3) is 11.5 Å². The summed E-state index contributed by atoms with van der Waals surface area (Å²) in [5.41, 5.74) is 1.95. The number of anilines is 1. The summed E-state index contributed by atoms with van der Waals surface area (Å²) in [5, 5.41) is 3.27. The van der Waals surface area contributed by atoms with Gasteiger partial charge < -0.3 is 19.9 Å². The summed E-state index contributed by atoms with van der Waals surface area (Å²) in [6, 6.07) is 12.2. The Morgan fingerprint density at radius 1 is 1.13 bits per heavy atom. The molecule has 0 saturated carbocycles. The maximum atomic E-state index is 13.2. The summed E-state index contributed by atoms with van der Waals surface area (Å²) in [6.45, 7) is 5.73. The minimum atomic E-state index is -0.416. The van der Waals surface area contributed by atoms with Crippen molar-refractivity contribution < 1.29 is 14.3 Å². The highest BCUT2D eigenvalue weighted by atomic mass is 16.5. The van der Waals surface area contributed by atoms with Gasteiger partial charge in [-0.15, -0.1) is 0 Å². The van der Waals surface area contributed by atoms with Gasteiger partial charge in [-0.1, -0.05) is 18.2 Å². The Balaban J connectivity index is 1.37. The lowest BCUT2D eigenvalue weighted by Crippen LogP contribution is -2.51. The Kier molecular flexibility index (Phi) is 7.07. The van der Waals surface area contributed by atoms with Crippen LogP contribution in [0.5, 0.6) is 0 Å². The molecule has 1 atom stereocenters. The first-order valence-corrected chi connectivity index (χ1v) is 13.0. The third kappa shape index (κ3) is 4.60. The molecule has 0 aliphatic carbocycles. The van der Waals surface area contributed by atoms with Crippen molar-refractivity contribution in [2.75, 3.05) is 32.1 Å². The van der Waals surface area contributed by atoms with Gasteiger partial charge in [0.1, 0.15) is 0 Å². The molecule has 1 unspecified atom stereocenters. The predicted octanol–water partition coefficient (Wildman–Crippen LogP) is 3.04. The van der Waals surface area contributed by atoms with Crippen molar-refractivity contribution >= 4 is 28.5 Å². The van der Waals surface area contributed by atoms with Crippen molar-refractivity contribution in [3.63, 3.8) is 0 Å². The Labute approximate surface area is 220 Å². The number of fused-ring (bicyclic) bond motifs is 2. The molecule has 1 saturated heterocycles. The van der Waals surface area contributed by atoms with E-state index in [0.29, 0.717) is 36.2 Å². The first-order valence-electron chi connectivity index (χ1n) is 13.0. The van der Waals surface area contributed by atoms with Crippen molar-refractivity contribution in [1.29, 1.82) is 0 Å². The second kappa shape index (κ2) is 10.4. The summed E-state index contributed by atoms with van der Waals surface area (Å²) in [6.07, 6.45) is 1.63. The number of amides is 3. The number of hydrogen-bond acceptors (Lipinski definition) is 5. The van der Waals surface area contributed by atoms with Gasteiger partial charge in [0.2, 0.25) is 0 Å². The van der Waals surface area contributed by atoms with Crippen LogP contribution in [0, 0.1) is 0 Å². The molecule has 10 heteroatoms. The minimum Gasteiger partial charge on any atom is -0.383 e. The number of nitrogens with one attached hydrogen (secondary N) is 1. The smallest absolute Gasteiger partial charge is 0.331 e. The van der Waals surface area contributed by atoms with Crippen LogP contribution >= 0.6 is 0 Å². The predicted molar refractivity (Wildman–Crippen MR) is 145 cm³/mol. The number of benzene rings is 2. The van der Waals surface area contributed by atoms with E-state index >= 15 is 0 Å². The molecule has 0 radical (unpaired) electrons. The topological polar surface area (TPSA) is 106 Å². The van der Waals surface area contributed by atoms with Crippen molar-refractivity contribution in [2.45, 2.75) is 51.9 Å². The summed E-state index contributed by atoms with van der Waals surface area (Å²) >= 11 is 0. The number of aromatic nitrogens is 2. The molecular weight excluding hydrogens is 486 g/mol. The van der Waals surface area contributed by atoms with Gasteiger partial charge in [0, 0.05) is 44.0 Å². The van der Waals surface area contributed by atoms with E-state index in [1.54, 1.807) is 27.7 Å². The number of hydrogen-bond donors (Lipinski definition) is 1. The Morgan fingerprint density at radius 2 is 1.92 bits per heavy atom. The van der Waals surface area contributed by atoms with Crippen LogP contribution in [0.2, 0.25) is 0 Å². The molecule has 5 rings (SSSR count). The van der Waals surface area contributed by atoms with Gasteiger partial charge >= 0.3 is 11.7 Å². The fourth-order valence-corrected chi connectivity index (χ4v) is 5.51. The van der Waals surface area contributed by atoms with Crippen LogP contribution in [0.1, 0.15) is 48.7 Å². The lowest BCUT2D eigenvalue weighted by atomic mass is 10.0. The number of carbonyl (C=O) groups excluding carboxylic acids is 2. The average molecular weight is 520 g/mol. The monoisotopic (exact) mass is 519 g/mol. The lowest BCUT2D eigenvalue weighted by molar-refractivity contribution is 0.0608. The molecule has 0 spiro atoms. The van der Waals surface area contributed by atoms with E-state index in [1.807, 2.05) is 43.0 Å². The van der Waals surface area contributed by atoms with Crippen LogP contribution in [-0.2, 0) is 17.8 Å². The molecule has 2 aromatic carbocycles. The van der Waals surface area contributed by atoms with Crippen molar-refractivity contribution in [2.24, 2.45) is 0 Å². The molecule has 2 aliphatic rings. The Bertz CT molecular complexity index is 1510. The molecule has 1 N–H and O–H groups in total. The SMILES string of the molecule is COCCn1c(=O)c2cc(NC(=O)N3CCCC(N4Cc5ccccc5C4=O)C3)ccc2n(C(C)C)c1=O.